The number of phenols is 1. The van der Waals surface area contributed by atoms with Crippen molar-refractivity contribution in [3.05, 3.63) is 108 Å². The zero-order valence-electron chi connectivity index (χ0n) is 25.0. The van der Waals surface area contributed by atoms with Crippen LogP contribution in [-0.4, -0.2) is 56.8 Å². The van der Waals surface area contributed by atoms with E-state index in [1.54, 1.807) is 41.4 Å². The summed E-state index contributed by atoms with van der Waals surface area (Å²) in [5.41, 5.74) is 2.44. The Morgan fingerprint density at radius 3 is 2.37 bits per heavy atom. The number of aromatic nitrogens is 1. The van der Waals surface area contributed by atoms with Crippen LogP contribution in [0.4, 0.5) is 22.8 Å². The number of alkyl halides is 3. The minimum Gasteiger partial charge on any atom is -0.507 e. The van der Waals surface area contributed by atoms with Gasteiger partial charge in [-0.15, -0.1) is 0 Å². The predicted molar refractivity (Wildman–Crippen MR) is 166 cm³/mol. The number of nitrogens with zero attached hydrogens (tertiary/aromatic N) is 3. The summed E-state index contributed by atoms with van der Waals surface area (Å²) < 4.78 is 45.6. The summed E-state index contributed by atoms with van der Waals surface area (Å²) in [6.07, 6.45) is -2.32. The summed E-state index contributed by atoms with van der Waals surface area (Å²) in [6.45, 7) is 1.48. The smallest absolute Gasteiger partial charge is 0.416 e. The van der Waals surface area contributed by atoms with Crippen molar-refractivity contribution < 1.29 is 37.7 Å². The fourth-order valence-electron chi connectivity index (χ4n) is 5.55. The number of pyridine rings is 1. The molecule has 0 unspecified atom stereocenters. The number of amides is 2. The number of hydrogen-bond acceptors (Lipinski definition) is 5. The molecule has 3 aromatic carbocycles. The highest BCUT2D eigenvalue weighted by Gasteiger charge is 2.30. The Morgan fingerprint density at radius 2 is 1.65 bits per heavy atom. The number of carbonyl (C=O) groups excluding carboxylic acids is 1. The first kappa shape index (κ1) is 32.3. The number of carbonyl (C=O) groups is 2. The molecule has 2 N–H and O–H groups in total. The van der Waals surface area contributed by atoms with Gasteiger partial charge in [-0.25, -0.2) is 9.59 Å². The van der Waals surface area contributed by atoms with Crippen LogP contribution in [0.1, 0.15) is 36.1 Å². The molecule has 0 saturated carbocycles. The molecule has 2 heterocycles. The molecule has 0 radical (unpaired) electrons. The summed E-state index contributed by atoms with van der Waals surface area (Å²) in [7, 11) is 0. The third-order valence-electron chi connectivity index (χ3n) is 8.16. The molecule has 1 aromatic heterocycles. The summed E-state index contributed by atoms with van der Waals surface area (Å²) in [6, 6.07) is 22.3. The van der Waals surface area contributed by atoms with E-state index in [0.29, 0.717) is 66.8 Å². The van der Waals surface area contributed by atoms with Gasteiger partial charge in [-0.1, -0.05) is 48.5 Å². The maximum Gasteiger partial charge on any atom is 0.416 e. The van der Waals surface area contributed by atoms with Crippen molar-refractivity contribution in [2.45, 2.75) is 38.6 Å². The topological polar surface area (TPSA) is 103 Å². The van der Waals surface area contributed by atoms with E-state index in [2.05, 4.69) is 4.98 Å². The number of likely N-dealkylation sites (tertiary alicyclic amines) is 1. The second kappa shape index (κ2) is 14.4. The Kier molecular flexibility index (Phi) is 10.1. The lowest BCUT2D eigenvalue weighted by Gasteiger charge is -2.31. The molecular formula is C35H34F3N3O5. The number of rotatable bonds is 9. The van der Waals surface area contributed by atoms with Gasteiger partial charge >= 0.3 is 18.4 Å². The van der Waals surface area contributed by atoms with E-state index in [9.17, 15) is 33.0 Å². The minimum absolute atomic E-state index is 0.0558. The molecule has 1 aliphatic rings. The van der Waals surface area contributed by atoms with Crippen molar-refractivity contribution in [1.29, 1.82) is 0 Å². The average Bonchev–Trinajstić information content (AvgIpc) is 3.06. The van der Waals surface area contributed by atoms with Gasteiger partial charge in [0.1, 0.15) is 12.4 Å². The zero-order chi connectivity index (χ0) is 32.7. The molecule has 0 spiro atoms. The average molecular weight is 634 g/mol. The normalized spacial score (nSPS) is 13.8. The molecule has 46 heavy (non-hydrogen) atoms. The number of aromatic hydroxyl groups is 1. The Morgan fingerprint density at radius 1 is 0.913 bits per heavy atom. The van der Waals surface area contributed by atoms with Gasteiger partial charge in [0, 0.05) is 31.4 Å². The van der Waals surface area contributed by atoms with E-state index in [0.717, 1.165) is 17.7 Å². The van der Waals surface area contributed by atoms with Crippen LogP contribution in [-0.2, 0) is 24.1 Å². The second-order valence-electron chi connectivity index (χ2n) is 11.3. The number of halogens is 3. The van der Waals surface area contributed by atoms with E-state index >= 15 is 0 Å². The quantitative estimate of drug-likeness (QED) is 0.193. The van der Waals surface area contributed by atoms with Crippen LogP contribution in [0.2, 0.25) is 0 Å². The first-order valence-electron chi connectivity index (χ1n) is 15.0. The largest absolute Gasteiger partial charge is 0.507 e. The van der Waals surface area contributed by atoms with E-state index < -0.39 is 23.9 Å². The van der Waals surface area contributed by atoms with Crippen molar-refractivity contribution in [2.75, 3.05) is 19.6 Å². The van der Waals surface area contributed by atoms with E-state index in [-0.39, 0.29) is 24.8 Å². The number of benzene rings is 3. The van der Waals surface area contributed by atoms with Gasteiger partial charge in [0.05, 0.1) is 17.8 Å². The van der Waals surface area contributed by atoms with Crippen molar-refractivity contribution in [1.82, 2.24) is 14.8 Å². The second-order valence-corrected chi connectivity index (χ2v) is 11.3. The number of phenolic OH excluding ortho intramolecular Hbond substituents is 1. The fraction of sp³-hybridized carbons (Fsp3) is 0.286. The maximum absolute atomic E-state index is 13.3. The number of carboxylic acid groups (broad SMARTS) is 1. The van der Waals surface area contributed by atoms with Crippen LogP contribution in [0.5, 0.6) is 5.75 Å². The third kappa shape index (κ3) is 8.35. The standard InChI is InChI=1S/C35H34F3N3O5/c36-35(37,38)29-8-4-7-26(19-29)27-9-10-32(42)31(21-27)28-11-15-39-30(20-28)22-41(34(45)46-23-25-5-2-1-3-6-25)18-14-24-12-16-40(17-13-24)33(43)44/h1-11,15,19-21,24,42H,12-14,16-18,22-23H2,(H,43,44). The molecule has 0 bridgehead atoms. The molecule has 4 aromatic rings. The molecule has 1 fully saturated rings. The Bertz CT molecular complexity index is 1660. The molecule has 1 saturated heterocycles. The number of ether oxygens (including phenoxy) is 1. The van der Waals surface area contributed by atoms with Crippen LogP contribution in [0.25, 0.3) is 22.3 Å². The van der Waals surface area contributed by atoms with Crippen molar-refractivity contribution in [3.8, 4) is 28.0 Å². The van der Waals surface area contributed by atoms with Gasteiger partial charge in [0.2, 0.25) is 0 Å². The van der Waals surface area contributed by atoms with Crippen molar-refractivity contribution in [2.24, 2.45) is 5.92 Å². The van der Waals surface area contributed by atoms with Gasteiger partial charge in [-0.05, 0) is 83.8 Å². The highest BCUT2D eigenvalue weighted by molar-refractivity contribution is 5.78. The van der Waals surface area contributed by atoms with Crippen LogP contribution >= 0.6 is 0 Å². The lowest BCUT2D eigenvalue weighted by Crippen LogP contribution is -2.39. The zero-order valence-corrected chi connectivity index (χ0v) is 25.0. The molecule has 0 aliphatic carbocycles. The monoisotopic (exact) mass is 633 g/mol. The Balaban J connectivity index is 1.34. The van der Waals surface area contributed by atoms with Gasteiger partial charge in [-0.2, -0.15) is 13.2 Å². The first-order valence-corrected chi connectivity index (χ1v) is 15.0. The third-order valence-corrected chi connectivity index (χ3v) is 8.16. The van der Waals surface area contributed by atoms with E-state index in [4.69, 9.17) is 4.74 Å². The van der Waals surface area contributed by atoms with Crippen molar-refractivity contribution >= 4 is 12.2 Å². The SMILES string of the molecule is O=C(O)N1CCC(CCN(Cc2cc(-c3cc(-c4cccc(C(F)(F)F)c4)ccc3O)ccn2)C(=O)OCc2ccccc2)CC1. The molecular weight excluding hydrogens is 599 g/mol. The fourth-order valence-corrected chi connectivity index (χ4v) is 5.55. The van der Waals surface area contributed by atoms with Gasteiger partial charge < -0.3 is 24.7 Å². The van der Waals surface area contributed by atoms with Crippen LogP contribution in [0.15, 0.2) is 91.1 Å². The lowest BCUT2D eigenvalue weighted by atomic mass is 9.93. The van der Waals surface area contributed by atoms with Crippen LogP contribution in [0.3, 0.4) is 0 Å². The van der Waals surface area contributed by atoms with Crippen molar-refractivity contribution in [3.63, 3.8) is 0 Å². The first-order chi connectivity index (χ1) is 22.1. The van der Waals surface area contributed by atoms with Gasteiger partial charge in [-0.3, -0.25) is 4.98 Å². The molecule has 240 valence electrons. The molecule has 0 atom stereocenters. The Labute approximate surface area is 264 Å². The van der Waals surface area contributed by atoms with Gasteiger partial charge in [0.25, 0.3) is 0 Å². The predicted octanol–water partition coefficient (Wildman–Crippen LogP) is 8.06. The summed E-state index contributed by atoms with van der Waals surface area (Å²) in [5.74, 6) is 0.189. The highest BCUT2D eigenvalue weighted by Crippen LogP contribution is 2.36. The van der Waals surface area contributed by atoms with E-state index in [1.807, 2.05) is 30.3 Å². The molecule has 8 nitrogen and oxygen atoms in total. The molecule has 1 aliphatic heterocycles. The molecule has 2 amide bonds. The summed E-state index contributed by atoms with van der Waals surface area (Å²) in [4.78, 5) is 32.0. The Hall–Kier alpha value is -5.06. The highest BCUT2D eigenvalue weighted by atomic mass is 19.4. The van der Waals surface area contributed by atoms with E-state index in [1.165, 1.54) is 17.0 Å². The molecule has 11 heteroatoms. The summed E-state index contributed by atoms with van der Waals surface area (Å²) >= 11 is 0. The summed E-state index contributed by atoms with van der Waals surface area (Å²) in [5, 5.41) is 20.0. The van der Waals surface area contributed by atoms with Gasteiger partial charge in [0.15, 0.2) is 0 Å². The number of piperidine rings is 1. The van der Waals surface area contributed by atoms with Crippen LogP contribution < -0.4 is 0 Å². The molecule has 5 rings (SSSR count). The number of hydrogen-bond donors (Lipinski definition) is 2. The van der Waals surface area contributed by atoms with Crippen LogP contribution in [0, 0.1) is 5.92 Å². The lowest BCUT2D eigenvalue weighted by molar-refractivity contribution is -0.137. The maximum atomic E-state index is 13.3. The minimum atomic E-state index is -4.49.